The molecule has 0 bridgehead atoms. The van der Waals surface area contributed by atoms with E-state index in [0.717, 1.165) is 44.8 Å². The molecule has 3 nitrogen and oxygen atoms in total. The fourth-order valence-electron chi connectivity index (χ4n) is 3.51. The Morgan fingerprint density at radius 1 is 1.05 bits per heavy atom. The monoisotopic (exact) mass is 267 g/mol. The van der Waals surface area contributed by atoms with Crippen molar-refractivity contribution >= 4 is 5.78 Å². The third-order valence-corrected chi connectivity index (χ3v) is 4.86. The predicted molar refractivity (Wildman–Crippen MR) is 77.0 cm³/mol. The summed E-state index contributed by atoms with van der Waals surface area (Å²) in [4.78, 5) is 12.2. The summed E-state index contributed by atoms with van der Waals surface area (Å²) in [6.07, 6.45) is 11.1. The van der Waals surface area contributed by atoms with Crippen molar-refractivity contribution < 1.29 is 9.53 Å². The lowest BCUT2D eigenvalue weighted by atomic mass is 9.81. The summed E-state index contributed by atoms with van der Waals surface area (Å²) in [6, 6.07) is 0.136. The molecule has 2 N–H and O–H groups in total. The van der Waals surface area contributed by atoms with Crippen molar-refractivity contribution in [2.45, 2.75) is 70.3 Å². The van der Waals surface area contributed by atoms with E-state index in [1.165, 1.54) is 38.5 Å². The van der Waals surface area contributed by atoms with Gasteiger partial charge in [-0.25, -0.2) is 0 Å². The lowest BCUT2D eigenvalue weighted by molar-refractivity contribution is -0.124. The topological polar surface area (TPSA) is 52.3 Å². The van der Waals surface area contributed by atoms with Gasteiger partial charge in [0.1, 0.15) is 5.78 Å². The average Bonchev–Trinajstić information content (AvgIpc) is 2.45. The van der Waals surface area contributed by atoms with Crippen LogP contribution in [0.5, 0.6) is 0 Å². The Hall–Kier alpha value is -0.410. The number of ketones is 1. The molecule has 1 saturated carbocycles. The number of Topliss-reactive ketones (excluding diaryl/α,β-unsaturated/α-hetero) is 1. The molecule has 110 valence electrons. The number of nitrogens with two attached hydrogens (primary N) is 1. The summed E-state index contributed by atoms with van der Waals surface area (Å²) in [5, 5.41) is 0. The molecule has 2 fully saturated rings. The largest absolute Gasteiger partial charge is 0.381 e. The van der Waals surface area contributed by atoms with E-state index in [1.807, 2.05) is 0 Å². The van der Waals surface area contributed by atoms with Crippen LogP contribution >= 0.6 is 0 Å². The summed E-state index contributed by atoms with van der Waals surface area (Å²) in [7, 11) is 0. The van der Waals surface area contributed by atoms with E-state index in [0.29, 0.717) is 5.78 Å². The molecule has 2 rings (SSSR count). The molecular formula is C16H29NO2. The second kappa shape index (κ2) is 8.01. The summed E-state index contributed by atoms with van der Waals surface area (Å²) in [6.45, 7) is 1.86. The minimum absolute atomic E-state index is 0.136. The van der Waals surface area contributed by atoms with Gasteiger partial charge in [-0.15, -0.1) is 0 Å². The van der Waals surface area contributed by atoms with Gasteiger partial charge in [-0.1, -0.05) is 25.7 Å². The molecule has 1 heterocycles. The Morgan fingerprint density at radius 3 is 2.53 bits per heavy atom. The van der Waals surface area contributed by atoms with Gasteiger partial charge in [-0.2, -0.15) is 0 Å². The highest BCUT2D eigenvalue weighted by molar-refractivity contribution is 5.81. The molecule has 0 radical (unpaired) electrons. The number of carbonyl (C=O) groups excluding carboxylic acids is 1. The van der Waals surface area contributed by atoms with E-state index < -0.39 is 0 Å². The fourth-order valence-corrected chi connectivity index (χ4v) is 3.51. The predicted octanol–water partition coefficient (Wildman–Crippen LogP) is 3.06. The Labute approximate surface area is 117 Å². The molecule has 0 aromatic carbocycles. The van der Waals surface area contributed by atoms with Crippen LogP contribution in [0.1, 0.15) is 64.2 Å². The van der Waals surface area contributed by atoms with Crippen LogP contribution in [0.15, 0.2) is 0 Å². The average molecular weight is 267 g/mol. The Morgan fingerprint density at radius 2 is 1.79 bits per heavy atom. The molecule has 19 heavy (non-hydrogen) atoms. The van der Waals surface area contributed by atoms with Gasteiger partial charge >= 0.3 is 0 Å². The number of hydrogen-bond donors (Lipinski definition) is 1. The van der Waals surface area contributed by atoms with E-state index in [9.17, 15) is 4.79 Å². The summed E-state index contributed by atoms with van der Waals surface area (Å²) >= 11 is 0. The first kappa shape index (κ1) is 15.0. The van der Waals surface area contributed by atoms with Crippen LogP contribution in [-0.4, -0.2) is 25.0 Å². The maximum Gasteiger partial charge on any atom is 0.137 e. The standard InChI is InChI=1S/C16H29NO2/c17-15-7-3-2-6-14(15)16(18)8-4-1-5-13-9-11-19-12-10-13/h13-15H,1-12,17H2. The molecule has 3 heteroatoms. The van der Waals surface area contributed by atoms with Crippen LogP contribution < -0.4 is 5.73 Å². The summed E-state index contributed by atoms with van der Waals surface area (Å²) in [5.41, 5.74) is 6.07. The van der Waals surface area contributed by atoms with Crippen LogP contribution in [0.3, 0.4) is 0 Å². The van der Waals surface area contributed by atoms with E-state index in [4.69, 9.17) is 10.5 Å². The van der Waals surface area contributed by atoms with Gasteiger partial charge in [0.2, 0.25) is 0 Å². The molecule has 0 aromatic rings. The highest BCUT2D eigenvalue weighted by Gasteiger charge is 2.27. The quantitative estimate of drug-likeness (QED) is 0.752. The molecule has 2 atom stereocenters. The van der Waals surface area contributed by atoms with Crippen molar-refractivity contribution in [3.05, 3.63) is 0 Å². The molecule has 2 aliphatic rings. The van der Waals surface area contributed by atoms with Crippen LogP contribution in [0.2, 0.25) is 0 Å². The lowest BCUT2D eigenvalue weighted by Crippen LogP contribution is -2.37. The van der Waals surface area contributed by atoms with Crippen molar-refractivity contribution in [1.82, 2.24) is 0 Å². The van der Waals surface area contributed by atoms with E-state index in [2.05, 4.69) is 0 Å². The van der Waals surface area contributed by atoms with Crippen LogP contribution in [-0.2, 0) is 9.53 Å². The highest BCUT2D eigenvalue weighted by Crippen LogP contribution is 2.26. The van der Waals surface area contributed by atoms with Crippen molar-refractivity contribution in [3.63, 3.8) is 0 Å². The van der Waals surface area contributed by atoms with Gasteiger partial charge < -0.3 is 10.5 Å². The Kier molecular flexibility index (Phi) is 6.32. The van der Waals surface area contributed by atoms with Crippen molar-refractivity contribution in [1.29, 1.82) is 0 Å². The summed E-state index contributed by atoms with van der Waals surface area (Å²) < 4.78 is 5.37. The minimum Gasteiger partial charge on any atom is -0.381 e. The SMILES string of the molecule is NC1CCCCC1C(=O)CCCCC1CCOCC1. The molecule has 0 aromatic heterocycles. The maximum absolute atomic E-state index is 12.2. The zero-order valence-electron chi connectivity index (χ0n) is 12.1. The summed E-state index contributed by atoms with van der Waals surface area (Å²) in [5.74, 6) is 1.43. The van der Waals surface area contributed by atoms with Gasteiger partial charge in [0.05, 0.1) is 0 Å². The lowest BCUT2D eigenvalue weighted by Gasteiger charge is -2.27. The molecule has 0 spiro atoms. The molecular weight excluding hydrogens is 238 g/mol. The first-order valence-electron chi connectivity index (χ1n) is 8.13. The van der Waals surface area contributed by atoms with Gasteiger partial charge in [-0.3, -0.25) is 4.79 Å². The number of unbranched alkanes of at least 4 members (excludes halogenated alkanes) is 1. The zero-order valence-corrected chi connectivity index (χ0v) is 12.1. The van der Waals surface area contributed by atoms with Crippen molar-refractivity contribution in [2.24, 2.45) is 17.6 Å². The van der Waals surface area contributed by atoms with Crippen LogP contribution in [0.25, 0.3) is 0 Å². The van der Waals surface area contributed by atoms with Gasteiger partial charge in [0.25, 0.3) is 0 Å². The highest BCUT2D eigenvalue weighted by atomic mass is 16.5. The van der Waals surface area contributed by atoms with Crippen LogP contribution in [0.4, 0.5) is 0 Å². The first-order valence-corrected chi connectivity index (χ1v) is 8.13. The number of rotatable bonds is 6. The second-order valence-electron chi connectivity index (χ2n) is 6.32. The fraction of sp³-hybridized carbons (Fsp3) is 0.938. The molecule has 1 aliphatic carbocycles. The third kappa shape index (κ3) is 4.88. The Balaban J connectivity index is 1.58. The third-order valence-electron chi connectivity index (χ3n) is 4.86. The van der Waals surface area contributed by atoms with Gasteiger partial charge in [0, 0.05) is 31.6 Å². The Bertz CT molecular complexity index is 274. The molecule has 1 saturated heterocycles. The second-order valence-corrected chi connectivity index (χ2v) is 6.32. The van der Waals surface area contributed by atoms with Crippen LogP contribution in [0, 0.1) is 11.8 Å². The van der Waals surface area contributed by atoms with E-state index >= 15 is 0 Å². The van der Waals surface area contributed by atoms with Gasteiger partial charge in [0.15, 0.2) is 0 Å². The number of hydrogen-bond acceptors (Lipinski definition) is 3. The normalized spacial score (nSPS) is 29.3. The molecule has 0 amide bonds. The smallest absolute Gasteiger partial charge is 0.137 e. The first-order chi connectivity index (χ1) is 9.27. The number of ether oxygens (including phenoxy) is 1. The van der Waals surface area contributed by atoms with Crippen molar-refractivity contribution in [3.8, 4) is 0 Å². The zero-order chi connectivity index (χ0) is 13.5. The van der Waals surface area contributed by atoms with E-state index in [-0.39, 0.29) is 12.0 Å². The number of carbonyl (C=O) groups is 1. The maximum atomic E-state index is 12.2. The molecule has 1 aliphatic heterocycles. The van der Waals surface area contributed by atoms with Crippen molar-refractivity contribution in [2.75, 3.05) is 13.2 Å². The molecule has 2 unspecified atom stereocenters. The minimum atomic E-state index is 0.136. The van der Waals surface area contributed by atoms with Gasteiger partial charge in [-0.05, 0) is 38.0 Å². The van der Waals surface area contributed by atoms with E-state index in [1.54, 1.807) is 0 Å².